The molecular weight excluding hydrogens is 228 g/mol. The van der Waals surface area contributed by atoms with E-state index in [1.54, 1.807) is 0 Å². The third-order valence-corrected chi connectivity index (χ3v) is 2.53. The Bertz CT molecular complexity index is 277. The molecule has 1 aliphatic rings. The van der Waals surface area contributed by atoms with Crippen LogP contribution in [-0.4, -0.2) is 16.8 Å². The highest BCUT2D eigenvalue weighted by Gasteiger charge is 2.66. The maximum atomic E-state index is 13.4. The second kappa shape index (κ2) is 3.17. The molecule has 74 valence electrons. The lowest BCUT2D eigenvalue weighted by Crippen LogP contribution is -2.56. The van der Waals surface area contributed by atoms with Gasteiger partial charge in [0.1, 0.15) is 0 Å². The smallest absolute Gasteiger partial charge is 0.276 e. The number of carbonyl (C=O) groups excluding carboxylic acids is 1. The Hall–Kier alpha value is -0.220. The zero-order chi connectivity index (χ0) is 10.3. The van der Waals surface area contributed by atoms with Crippen LogP contribution in [-0.2, 0) is 4.79 Å². The van der Waals surface area contributed by atoms with E-state index in [1.807, 2.05) is 0 Å². The molecule has 1 fully saturated rings. The van der Waals surface area contributed by atoms with Crippen LogP contribution in [0.2, 0.25) is 0 Å². The van der Waals surface area contributed by atoms with E-state index < -0.39 is 35.2 Å². The second-order valence-corrected chi connectivity index (χ2v) is 3.36. The van der Waals surface area contributed by atoms with Crippen molar-refractivity contribution in [2.45, 2.75) is 24.4 Å². The average Bonchev–Trinajstić information content (AvgIpc) is 2.03. The molecule has 0 aromatic rings. The van der Waals surface area contributed by atoms with Gasteiger partial charge in [0, 0.05) is 12.0 Å². The molecule has 0 spiro atoms. The first-order valence-corrected chi connectivity index (χ1v) is 4.24. The predicted octanol–water partition coefficient (Wildman–Crippen LogP) is 3.01. The predicted molar refractivity (Wildman–Crippen MR) is 42.8 cm³/mol. The highest BCUT2D eigenvalue weighted by Crippen LogP contribution is 2.54. The first kappa shape index (κ1) is 10.9. The number of hydrogen-bond donors (Lipinski definition) is 0. The summed E-state index contributed by atoms with van der Waals surface area (Å²) in [5.41, 5.74) is -3.37. The number of alkyl halides is 3. The third kappa shape index (κ3) is 1.46. The van der Waals surface area contributed by atoms with Crippen molar-refractivity contribution >= 4 is 28.4 Å². The molecule has 0 heterocycles. The van der Waals surface area contributed by atoms with Gasteiger partial charge < -0.3 is 0 Å². The summed E-state index contributed by atoms with van der Waals surface area (Å²) in [6.45, 7) is 0. The van der Waals surface area contributed by atoms with Crippen LogP contribution in [0.25, 0.3) is 0 Å². The van der Waals surface area contributed by atoms with E-state index in [4.69, 9.17) is 23.2 Å². The normalized spacial score (nSPS) is 32.5. The first-order valence-electron chi connectivity index (χ1n) is 3.42. The Balaban J connectivity index is 3.00. The van der Waals surface area contributed by atoms with E-state index in [0.29, 0.717) is 5.54 Å². The molecule has 0 N–H and O–H groups in total. The molecule has 0 aromatic heterocycles. The van der Waals surface area contributed by atoms with Crippen LogP contribution in [0.4, 0.5) is 13.2 Å². The molecule has 1 aliphatic carbocycles. The van der Waals surface area contributed by atoms with Crippen LogP contribution < -0.4 is 0 Å². The summed E-state index contributed by atoms with van der Waals surface area (Å²) in [4.78, 5) is 10.5. The van der Waals surface area contributed by atoms with Gasteiger partial charge in [0.2, 0.25) is 5.67 Å². The lowest BCUT2D eigenvalue weighted by Gasteiger charge is -2.42. The molecule has 0 aromatic carbocycles. The third-order valence-electron chi connectivity index (χ3n) is 2.11. The molecule has 6 heteroatoms. The number of halogens is 5. The van der Waals surface area contributed by atoms with Crippen molar-refractivity contribution in [1.82, 2.24) is 0 Å². The van der Waals surface area contributed by atoms with E-state index in [9.17, 15) is 18.0 Å². The SMILES string of the molecule is O=C(Cl)C(=CCl)C1(F)CCC1(F)F. The molecule has 1 nitrogen and oxygen atoms in total. The second-order valence-electron chi connectivity index (χ2n) is 2.80. The van der Waals surface area contributed by atoms with Crippen molar-refractivity contribution in [2.24, 2.45) is 0 Å². The zero-order valence-electron chi connectivity index (χ0n) is 6.29. The summed E-state index contributed by atoms with van der Waals surface area (Å²) in [5, 5.41) is -1.28. The van der Waals surface area contributed by atoms with Crippen molar-refractivity contribution in [3.63, 3.8) is 0 Å². The Morgan fingerprint density at radius 2 is 1.85 bits per heavy atom. The van der Waals surface area contributed by atoms with Gasteiger partial charge in [-0.25, -0.2) is 13.2 Å². The maximum Gasteiger partial charge on any atom is 0.285 e. The van der Waals surface area contributed by atoms with Crippen LogP contribution in [0.5, 0.6) is 0 Å². The van der Waals surface area contributed by atoms with E-state index in [-0.39, 0.29) is 0 Å². The van der Waals surface area contributed by atoms with Crippen molar-refractivity contribution in [3.8, 4) is 0 Å². The minimum absolute atomic E-state index is 0.434. The van der Waals surface area contributed by atoms with Gasteiger partial charge in [-0.05, 0) is 18.0 Å². The Morgan fingerprint density at radius 1 is 1.31 bits per heavy atom. The fourth-order valence-corrected chi connectivity index (χ4v) is 1.68. The molecule has 1 unspecified atom stereocenters. The van der Waals surface area contributed by atoms with Crippen LogP contribution in [0.3, 0.4) is 0 Å². The fraction of sp³-hybridized carbons (Fsp3) is 0.571. The largest absolute Gasteiger partial charge is 0.285 e. The van der Waals surface area contributed by atoms with Crippen molar-refractivity contribution < 1.29 is 18.0 Å². The van der Waals surface area contributed by atoms with E-state index >= 15 is 0 Å². The quantitative estimate of drug-likeness (QED) is 0.529. The molecule has 1 saturated carbocycles. The summed E-state index contributed by atoms with van der Waals surface area (Å²) in [6.07, 6.45) is -1.03. The lowest BCUT2D eigenvalue weighted by molar-refractivity contribution is -0.191. The average molecular weight is 233 g/mol. The monoisotopic (exact) mass is 232 g/mol. The van der Waals surface area contributed by atoms with Gasteiger partial charge >= 0.3 is 0 Å². The zero-order valence-corrected chi connectivity index (χ0v) is 7.80. The molecular formula is C7H5Cl2F3O. The van der Waals surface area contributed by atoms with Crippen LogP contribution in [0.1, 0.15) is 12.8 Å². The van der Waals surface area contributed by atoms with Gasteiger partial charge in [0.05, 0.1) is 5.57 Å². The summed E-state index contributed by atoms with van der Waals surface area (Å²) in [7, 11) is 0. The number of allylic oxidation sites excluding steroid dienone is 1. The van der Waals surface area contributed by atoms with Crippen LogP contribution in [0, 0.1) is 0 Å². The van der Waals surface area contributed by atoms with Crippen LogP contribution in [0.15, 0.2) is 11.1 Å². The number of rotatable bonds is 2. The molecule has 0 radical (unpaired) electrons. The summed E-state index contributed by atoms with van der Waals surface area (Å²) in [5.74, 6) is -3.54. The maximum absolute atomic E-state index is 13.4. The Morgan fingerprint density at radius 3 is 1.92 bits per heavy atom. The van der Waals surface area contributed by atoms with E-state index in [2.05, 4.69) is 0 Å². The number of hydrogen-bond acceptors (Lipinski definition) is 1. The Labute approximate surface area is 82.5 Å². The lowest BCUT2D eigenvalue weighted by atomic mass is 9.73. The van der Waals surface area contributed by atoms with E-state index in [1.165, 1.54) is 0 Å². The van der Waals surface area contributed by atoms with Crippen LogP contribution >= 0.6 is 23.2 Å². The Kier molecular flexibility index (Phi) is 2.65. The summed E-state index contributed by atoms with van der Waals surface area (Å²) < 4.78 is 38.8. The minimum atomic E-state index is -3.54. The molecule has 1 rings (SSSR count). The highest BCUT2D eigenvalue weighted by molar-refractivity contribution is 6.68. The van der Waals surface area contributed by atoms with Gasteiger partial charge in [0.25, 0.3) is 11.2 Å². The topological polar surface area (TPSA) is 17.1 Å². The van der Waals surface area contributed by atoms with Gasteiger partial charge in [-0.15, -0.1) is 0 Å². The van der Waals surface area contributed by atoms with Crippen molar-refractivity contribution in [1.29, 1.82) is 0 Å². The molecule has 0 aliphatic heterocycles. The fourth-order valence-electron chi connectivity index (χ4n) is 1.15. The molecule has 0 amide bonds. The van der Waals surface area contributed by atoms with Crippen molar-refractivity contribution in [3.05, 3.63) is 11.1 Å². The summed E-state index contributed by atoms with van der Waals surface area (Å²) in [6, 6.07) is 0. The molecule has 1 atom stereocenters. The van der Waals surface area contributed by atoms with Gasteiger partial charge in [0.15, 0.2) is 0 Å². The van der Waals surface area contributed by atoms with Crippen molar-refractivity contribution in [2.75, 3.05) is 0 Å². The standard InChI is InChI=1S/C7H5Cl2F3O/c8-3-4(5(9)13)6(10)1-2-7(6,11)12/h3H,1-2H2. The number of carbonyl (C=O) groups is 1. The minimum Gasteiger partial charge on any atom is -0.276 e. The molecule has 13 heavy (non-hydrogen) atoms. The van der Waals surface area contributed by atoms with Gasteiger partial charge in [-0.1, -0.05) is 11.6 Å². The van der Waals surface area contributed by atoms with Gasteiger partial charge in [-0.3, -0.25) is 4.79 Å². The van der Waals surface area contributed by atoms with E-state index in [0.717, 1.165) is 0 Å². The molecule has 0 bridgehead atoms. The summed E-state index contributed by atoms with van der Waals surface area (Å²) >= 11 is 9.95. The molecule has 0 saturated heterocycles. The highest BCUT2D eigenvalue weighted by atomic mass is 35.5. The first-order chi connectivity index (χ1) is 5.85. The van der Waals surface area contributed by atoms with Gasteiger partial charge in [-0.2, -0.15) is 0 Å².